The van der Waals surface area contributed by atoms with Gasteiger partial charge in [0.1, 0.15) is 0 Å². The second-order valence-electron chi connectivity index (χ2n) is 2.97. The van der Waals surface area contributed by atoms with Crippen LogP contribution < -0.4 is 5.56 Å². The van der Waals surface area contributed by atoms with Crippen LogP contribution in [-0.2, 0) is 19.4 Å². The van der Waals surface area contributed by atoms with E-state index in [1.54, 1.807) is 4.68 Å². The number of aromatic amines is 1. The topological polar surface area (TPSA) is 37.8 Å². The van der Waals surface area contributed by atoms with E-state index in [-0.39, 0.29) is 5.56 Å². The molecule has 1 aromatic rings. The van der Waals surface area contributed by atoms with E-state index in [1.165, 1.54) is 0 Å². The Hall–Kier alpha value is -0.990. The van der Waals surface area contributed by atoms with Crippen molar-refractivity contribution in [2.24, 2.45) is 0 Å². The lowest BCUT2D eigenvalue weighted by Gasteiger charge is -1.94. The molecule has 1 aromatic heterocycles. The van der Waals surface area contributed by atoms with Gasteiger partial charge >= 0.3 is 0 Å². The fourth-order valence-electron chi connectivity index (χ4n) is 1.70. The quantitative estimate of drug-likeness (QED) is 0.631. The van der Waals surface area contributed by atoms with Crippen molar-refractivity contribution in [3.63, 3.8) is 0 Å². The first-order chi connectivity index (χ1) is 5.33. The molecule has 60 valence electrons. The number of aryl methyl sites for hydroxylation is 2. The van der Waals surface area contributed by atoms with E-state index in [0.29, 0.717) is 0 Å². The Morgan fingerprint density at radius 3 is 3.00 bits per heavy atom. The number of hydrogen-bond donors (Lipinski definition) is 1. The highest BCUT2D eigenvalue weighted by atomic mass is 16.1. The van der Waals surface area contributed by atoms with Crippen LogP contribution in [0.3, 0.4) is 0 Å². The van der Waals surface area contributed by atoms with Gasteiger partial charge < -0.3 is 0 Å². The van der Waals surface area contributed by atoms with Crippen LogP contribution in [0.1, 0.15) is 24.6 Å². The average molecular weight is 152 g/mol. The molecule has 0 amide bonds. The Balaban J connectivity index is 2.58. The molecule has 0 spiro atoms. The van der Waals surface area contributed by atoms with Crippen LogP contribution in [-0.4, -0.2) is 9.78 Å². The molecule has 0 saturated carbocycles. The maximum absolute atomic E-state index is 11.4. The third-order valence-electron chi connectivity index (χ3n) is 2.31. The van der Waals surface area contributed by atoms with E-state index in [9.17, 15) is 4.79 Å². The zero-order valence-corrected chi connectivity index (χ0v) is 6.68. The first-order valence-electron chi connectivity index (χ1n) is 4.13. The normalized spacial score (nSPS) is 15.4. The number of fused-ring (bicyclic) bond motifs is 1. The molecule has 3 nitrogen and oxygen atoms in total. The fraction of sp³-hybridized carbons (Fsp3) is 0.625. The summed E-state index contributed by atoms with van der Waals surface area (Å²) < 4.78 is 1.68. The molecule has 1 aliphatic rings. The van der Waals surface area contributed by atoms with E-state index >= 15 is 0 Å². The number of nitrogens with zero attached hydrogens (tertiary/aromatic N) is 1. The van der Waals surface area contributed by atoms with Gasteiger partial charge in [0.15, 0.2) is 0 Å². The molecule has 0 fully saturated rings. The summed E-state index contributed by atoms with van der Waals surface area (Å²) >= 11 is 0. The van der Waals surface area contributed by atoms with E-state index in [0.717, 1.165) is 37.1 Å². The third-order valence-corrected chi connectivity index (χ3v) is 2.31. The van der Waals surface area contributed by atoms with E-state index < -0.39 is 0 Å². The molecular weight excluding hydrogens is 140 g/mol. The summed E-state index contributed by atoms with van der Waals surface area (Å²) in [5, 5.41) is 3.12. The predicted molar refractivity (Wildman–Crippen MR) is 42.8 cm³/mol. The van der Waals surface area contributed by atoms with Gasteiger partial charge in [-0.25, -0.2) is 0 Å². The molecule has 11 heavy (non-hydrogen) atoms. The fourth-order valence-corrected chi connectivity index (χ4v) is 1.70. The Labute approximate surface area is 65.0 Å². The monoisotopic (exact) mass is 152 g/mol. The van der Waals surface area contributed by atoms with Crippen molar-refractivity contribution in [3.8, 4) is 0 Å². The van der Waals surface area contributed by atoms with Gasteiger partial charge in [-0.3, -0.25) is 14.6 Å². The lowest BCUT2D eigenvalue weighted by atomic mass is 10.3. The summed E-state index contributed by atoms with van der Waals surface area (Å²) in [4.78, 5) is 11.4. The van der Waals surface area contributed by atoms with Crippen molar-refractivity contribution < 1.29 is 0 Å². The standard InChI is InChI=1S/C8H12N2O/c1-2-10-8(11)6-4-3-5-7(6)9-10/h9H,2-5H2,1H3. The first kappa shape index (κ1) is 6.70. The van der Waals surface area contributed by atoms with Crippen LogP contribution in [0, 0.1) is 0 Å². The zero-order chi connectivity index (χ0) is 7.84. The highest BCUT2D eigenvalue weighted by Crippen LogP contribution is 2.15. The van der Waals surface area contributed by atoms with Gasteiger partial charge in [-0.05, 0) is 26.2 Å². The number of hydrogen-bond acceptors (Lipinski definition) is 1. The smallest absolute Gasteiger partial charge is 0.269 e. The summed E-state index contributed by atoms with van der Waals surface area (Å²) in [7, 11) is 0. The molecular formula is C8H12N2O. The Morgan fingerprint density at radius 2 is 2.36 bits per heavy atom. The lowest BCUT2D eigenvalue weighted by Crippen LogP contribution is -2.17. The number of rotatable bonds is 1. The molecule has 0 unspecified atom stereocenters. The van der Waals surface area contributed by atoms with E-state index in [4.69, 9.17) is 0 Å². The molecule has 0 aromatic carbocycles. The molecule has 0 aliphatic heterocycles. The van der Waals surface area contributed by atoms with Crippen LogP contribution in [0.4, 0.5) is 0 Å². The van der Waals surface area contributed by atoms with Crippen molar-refractivity contribution in [2.75, 3.05) is 0 Å². The van der Waals surface area contributed by atoms with Crippen molar-refractivity contribution >= 4 is 0 Å². The summed E-state index contributed by atoms with van der Waals surface area (Å²) in [5.74, 6) is 0. The maximum Gasteiger partial charge on any atom is 0.269 e. The largest absolute Gasteiger partial charge is 0.299 e. The Morgan fingerprint density at radius 1 is 1.55 bits per heavy atom. The van der Waals surface area contributed by atoms with Crippen LogP contribution in [0.15, 0.2) is 4.79 Å². The molecule has 0 radical (unpaired) electrons. The highest BCUT2D eigenvalue weighted by molar-refractivity contribution is 5.22. The molecule has 2 rings (SSSR count). The molecule has 3 heteroatoms. The Kier molecular flexibility index (Phi) is 1.37. The van der Waals surface area contributed by atoms with Crippen molar-refractivity contribution in [1.82, 2.24) is 9.78 Å². The van der Waals surface area contributed by atoms with Crippen molar-refractivity contribution in [1.29, 1.82) is 0 Å². The summed E-state index contributed by atoms with van der Waals surface area (Å²) in [6.45, 7) is 2.74. The second-order valence-corrected chi connectivity index (χ2v) is 2.97. The molecule has 0 saturated heterocycles. The molecule has 1 N–H and O–H groups in total. The minimum atomic E-state index is 0.194. The van der Waals surface area contributed by atoms with Gasteiger partial charge in [0.05, 0.1) is 0 Å². The first-order valence-corrected chi connectivity index (χ1v) is 4.13. The minimum Gasteiger partial charge on any atom is -0.299 e. The van der Waals surface area contributed by atoms with Crippen LogP contribution >= 0.6 is 0 Å². The molecule has 0 atom stereocenters. The molecule has 1 heterocycles. The third kappa shape index (κ3) is 0.836. The molecule has 0 bridgehead atoms. The summed E-state index contributed by atoms with van der Waals surface area (Å²) in [5.41, 5.74) is 2.38. The van der Waals surface area contributed by atoms with Gasteiger partial charge in [0.25, 0.3) is 5.56 Å². The van der Waals surface area contributed by atoms with Crippen molar-refractivity contribution in [3.05, 3.63) is 21.6 Å². The Bertz CT molecular complexity index is 321. The number of aromatic nitrogens is 2. The van der Waals surface area contributed by atoms with Crippen LogP contribution in [0.5, 0.6) is 0 Å². The SMILES string of the molecule is CCn1[nH]c2c(c1=O)CCC2. The van der Waals surface area contributed by atoms with Crippen LogP contribution in [0.2, 0.25) is 0 Å². The van der Waals surface area contributed by atoms with E-state index in [1.807, 2.05) is 6.92 Å². The van der Waals surface area contributed by atoms with Crippen molar-refractivity contribution in [2.45, 2.75) is 32.7 Å². The average Bonchev–Trinajstić information content (AvgIpc) is 2.53. The van der Waals surface area contributed by atoms with Gasteiger partial charge in [-0.15, -0.1) is 0 Å². The predicted octanol–water partition coefficient (Wildman–Crippen LogP) is 0.685. The van der Waals surface area contributed by atoms with Gasteiger partial charge in [0.2, 0.25) is 0 Å². The highest BCUT2D eigenvalue weighted by Gasteiger charge is 2.17. The minimum absolute atomic E-state index is 0.194. The number of nitrogens with one attached hydrogen (secondary N) is 1. The zero-order valence-electron chi connectivity index (χ0n) is 6.68. The van der Waals surface area contributed by atoms with E-state index in [2.05, 4.69) is 5.10 Å². The van der Waals surface area contributed by atoms with Gasteiger partial charge in [-0.2, -0.15) is 0 Å². The molecule has 1 aliphatic carbocycles. The van der Waals surface area contributed by atoms with Gasteiger partial charge in [-0.1, -0.05) is 0 Å². The maximum atomic E-state index is 11.4. The van der Waals surface area contributed by atoms with Gasteiger partial charge in [0, 0.05) is 17.8 Å². The summed E-state index contributed by atoms with van der Waals surface area (Å²) in [6, 6.07) is 0. The lowest BCUT2D eigenvalue weighted by molar-refractivity contribution is 0.619. The second kappa shape index (κ2) is 2.26. The number of H-pyrrole nitrogens is 1. The summed E-state index contributed by atoms with van der Waals surface area (Å²) in [6.07, 6.45) is 3.16. The van der Waals surface area contributed by atoms with Crippen LogP contribution in [0.25, 0.3) is 0 Å².